The highest BCUT2D eigenvalue weighted by Gasteiger charge is 2.15. The zero-order chi connectivity index (χ0) is 26.3. The Kier molecular flexibility index (Phi) is 14.1. The summed E-state index contributed by atoms with van der Waals surface area (Å²) in [6.45, 7) is 24.2. The molecule has 2 aromatic carbocycles. The average molecular weight is 492 g/mol. The SMILES string of the molecule is C=C(CN(CCNCc1ccccc1)CC(C)CC)c1cc(CNC(CCC)CCC)c(C)cc1C. The molecule has 200 valence electrons. The molecule has 0 aliphatic carbocycles. The minimum atomic E-state index is 0.613. The van der Waals surface area contributed by atoms with Crippen molar-refractivity contribution in [3.05, 3.63) is 76.9 Å². The van der Waals surface area contributed by atoms with E-state index in [1.165, 1.54) is 65.5 Å². The number of nitrogens with zero attached hydrogens (tertiary/aromatic N) is 1. The van der Waals surface area contributed by atoms with Crippen LogP contribution in [0.4, 0.5) is 0 Å². The van der Waals surface area contributed by atoms with E-state index in [1.54, 1.807) is 0 Å². The molecule has 2 N–H and O–H groups in total. The van der Waals surface area contributed by atoms with Crippen LogP contribution in [0.25, 0.3) is 5.57 Å². The van der Waals surface area contributed by atoms with E-state index >= 15 is 0 Å². The molecule has 1 atom stereocenters. The van der Waals surface area contributed by atoms with Gasteiger partial charge in [0, 0.05) is 45.3 Å². The van der Waals surface area contributed by atoms with E-state index in [1.807, 2.05) is 0 Å². The Morgan fingerprint density at radius 1 is 0.944 bits per heavy atom. The van der Waals surface area contributed by atoms with Gasteiger partial charge in [-0.2, -0.15) is 0 Å². The van der Waals surface area contributed by atoms with Crippen LogP contribution in [0, 0.1) is 19.8 Å². The first-order valence-corrected chi connectivity index (χ1v) is 14.4. The van der Waals surface area contributed by atoms with Crippen molar-refractivity contribution in [3.63, 3.8) is 0 Å². The van der Waals surface area contributed by atoms with Gasteiger partial charge in [-0.25, -0.2) is 0 Å². The molecule has 2 aromatic rings. The molecule has 3 nitrogen and oxygen atoms in total. The van der Waals surface area contributed by atoms with E-state index in [4.69, 9.17) is 0 Å². The monoisotopic (exact) mass is 491 g/mol. The fourth-order valence-electron chi connectivity index (χ4n) is 4.99. The van der Waals surface area contributed by atoms with Crippen molar-refractivity contribution in [2.45, 2.75) is 92.8 Å². The van der Waals surface area contributed by atoms with Crippen LogP contribution in [0.5, 0.6) is 0 Å². The highest BCUT2D eigenvalue weighted by molar-refractivity contribution is 5.68. The number of aryl methyl sites for hydroxylation is 2. The molecule has 0 spiro atoms. The molecule has 36 heavy (non-hydrogen) atoms. The van der Waals surface area contributed by atoms with E-state index in [2.05, 4.69) is 106 Å². The highest BCUT2D eigenvalue weighted by Crippen LogP contribution is 2.24. The Balaban J connectivity index is 2.04. The molecular weight excluding hydrogens is 438 g/mol. The predicted octanol–water partition coefficient (Wildman–Crippen LogP) is 7.51. The van der Waals surface area contributed by atoms with Crippen molar-refractivity contribution in [2.75, 3.05) is 26.2 Å². The van der Waals surface area contributed by atoms with Crippen molar-refractivity contribution >= 4 is 5.57 Å². The summed E-state index contributed by atoms with van der Waals surface area (Å²) in [5.41, 5.74) is 8.03. The highest BCUT2D eigenvalue weighted by atomic mass is 15.1. The van der Waals surface area contributed by atoms with Crippen LogP contribution in [0.3, 0.4) is 0 Å². The van der Waals surface area contributed by atoms with Gasteiger partial charge in [-0.1, -0.05) is 89.9 Å². The zero-order valence-corrected chi connectivity index (χ0v) is 24.1. The van der Waals surface area contributed by atoms with Gasteiger partial charge in [0.15, 0.2) is 0 Å². The van der Waals surface area contributed by atoms with Crippen molar-refractivity contribution in [3.8, 4) is 0 Å². The van der Waals surface area contributed by atoms with Crippen LogP contribution < -0.4 is 10.6 Å². The standard InChI is InChI=1S/C33H53N3/c1-8-14-32(15-9-2)35-23-31-21-33(28(6)20-27(31)5)29(7)25-36(24-26(4)10-3)19-18-34-22-30-16-12-11-13-17-30/h11-13,16-17,20-21,26,32,34-35H,7-10,14-15,18-19,22-25H2,1-6H3. The third kappa shape index (κ3) is 10.6. The summed E-state index contributed by atoms with van der Waals surface area (Å²) in [6, 6.07) is 16.0. The lowest BCUT2D eigenvalue weighted by Crippen LogP contribution is -2.36. The zero-order valence-electron chi connectivity index (χ0n) is 24.1. The Hall–Kier alpha value is -1.94. The first-order valence-electron chi connectivity index (χ1n) is 14.4. The smallest absolute Gasteiger partial charge is 0.0234 e. The molecule has 0 heterocycles. The molecule has 3 heteroatoms. The maximum Gasteiger partial charge on any atom is 0.0234 e. The second-order valence-electron chi connectivity index (χ2n) is 10.8. The number of rotatable bonds is 18. The van der Waals surface area contributed by atoms with Gasteiger partial charge < -0.3 is 10.6 Å². The summed E-state index contributed by atoms with van der Waals surface area (Å²) < 4.78 is 0. The topological polar surface area (TPSA) is 27.3 Å². The molecule has 0 bridgehead atoms. The Bertz CT molecular complexity index is 883. The van der Waals surface area contributed by atoms with Crippen molar-refractivity contribution < 1.29 is 0 Å². The van der Waals surface area contributed by atoms with Gasteiger partial charge >= 0.3 is 0 Å². The van der Waals surface area contributed by atoms with Crippen LogP contribution in [0.15, 0.2) is 49.0 Å². The largest absolute Gasteiger partial charge is 0.311 e. The molecule has 0 amide bonds. The molecule has 0 fully saturated rings. The summed E-state index contributed by atoms with van der Waals surface area (Å²) in [5.74, 6) is 0.680. The quantitative estimate of drug-likeness (QED) is 0.211. The Labute approximate surface area is 222 Å². The molecule has 0 aromatic heterocycles. The summed E-state index contributed by atoms with van der Waals surface area (Å²) in [5, 5.41) is 7.47. The van der Waals surface area contributed by atoms with Crippen molar-refractivity contribution in [2.24, 2.45) is 5.92 Å². The average Bonchev–Trinajstić information content (AvgIpc) is 2.86. The summed E-state index contributed by atoms with van der Waals surface area (Å²) in [4.78, 5) is 2.59. The van der Waals surface area contributed by atoms with E-state index < -0.39 is 0 Å². The third-order valence-corrected chi connectivity index (χ3v) is 7.38. The van der Waals surface area contributed by atoms with Gasteiger partial charge in [0.2, 0.25) is 0 Å². The summed E-state index contributed by atoms with van der Waals surface area (Å²) >= 11 is 0. The second kappa shape index (κ2) is 16.7. The number of nitrogens with one attached hydrogen (secondary N) is 2. The number of hydrogen-bond donors (Lipinski definition) is 2. The normalized spacial score (nSPS) is 12.4. The Morgan fingerprint density at radius 3 is 2.28 bits per heavy atom. The van der Waals surface area contributed by atoms with Gasteiger partial charge in [0.25, 0.3) is 0 Å². The van der Waals surface area contributed by atoms with Crippen LogP contribution in [0.1, 0.15) is 87.6 Å². The lowest BCUT2D eigenvalue weighted by molar-refractivity contribution is 0.260. The summed E-state index contributed by atoms with van der Waals surface area (Å²) in [6.07, 6.45) is 6.18. The van der Waals surface area contributed by atoms with Gasteiger partial charge in [-0.15, -0.1) is 0 Å². The van der Waals surface area contributed by atoms with E-state index in [0.717, 1.165) is 39.3 Å². The molecule has 0 saturated heterocycles. The molecule has 1 unspecified atom stereocenters. The lowest BCUT2D eigenvalue weighted by atomic mass is 9.94. The van der Waals surface area contributed by atoms with Crippen LogP contribution >= 0.6 is 0 Å². The van der Waals surface area contributed by atoms with Gasteiger partial charge in [-0.3, -0.25) is 4.90 Å². The predicted molar refractivity (Wildman–Crippen MR) is 159 cm³/mol. The molecule has 0 radical (unpaired) electrons. The lowest BCUT2D eigenvalue weighted by Gasteiger charge is -2.27. The Morgan fingerprint density at radius 2 is 1.64 bits per heavy atom. The third-order valence-electron chi connectivity index (χ3n) is 7.38. The molecular formula is C33H53N3. The van der Waals surface area contributed by atoms with Crippen molar-refractivity contribution in [1.82, 2.24) is 15.5 Å². The van der Waals surface area contributed by atoms with Crippen LogP contribution in [-0.2, 0) is 13.1 Å². The second-order valence-corrected chi connectivity index (χ2v) is 10.8. The fourth-order valence-corrected chi connectivity index (χ4v) is 4.99. The van der Waals surface area contributed by atoms with E-state index in [-0.39, 0.29) is 0 Å². The number of benzene rings is 2. The molecule has 0 saturated carbocycles. The number of hydrogen-bond acceptors (Lipinski definition) is 3. The minimum absolute atomic E-state index is 0.613. The maximum atomic E-state index is 4.58. The van der Waals surface area contributed by atoms with Gasteiger partial charge in [0.05, 0.1) is 0 Å². The van der Waals surface area contributed by atoms with E-state index in [0.29, 0.717) is 12.0 Å². The fraction of sp³-hybridized carbons (Fsp3) is 0.576. The minimum Gasteiger partial charge on any atom is -0.311 e. The molecule has 0 aliphatic heterocycles. The van der Waals surface area contributed by atoms with E-state index in [9.17, 15) is 0 Å². The van der Waals surface area contributed by atoms with Crippen molar-refractivity contribution in [1.29, 1.82) is 0 Å². The maximum absolute atomic E-state index is 4.58. The molecule has 0 aliphatic rings. The summed E-state index contributed by atoms with van der Waals surface area (Å²) in [7, 11) is 0. The van der Waals surface area contributed by atoms with Gasteiger partial charge in [-0.05, 0) is 72.1 Å². The first-order chi connectivity index (χ1) is 17.4. The molecule has 2 rings (SSSR count). The van der Waals surface area contributed by atoms with Crippen LogP contribution in [-0.4, -0.2) is 37.1 Å². The first kappa shape index (κ1) is 30.3. The van der Waals surface area contributed by atoms with Crippen LogP contribution in [0.2, 0.25) is 0 Å². The van der Waals surface area contributed by atoms with Gasteiger partial charge in [0.1, 0.15) is 0 Å².